The average molecular weight is 321 g/mol. The maximum atomic E-state index is 4.71. The molecule has 0 amide bonds. The number of aryl methyl sites for hydroxylation is 1. The summed E-state index contributed by atoms with van der Waals surface area (Å²) in [5, 5.41) is 8.11. The Hall–Kier alpha value is -1.20. The van der Waals surface area contributed by atoms with Crippen LogP contribution >= 0.6 is 15.9 Å². The second-order valence-electron chi connectivity index (χ2n) is 4.91. The number of hydrogen-bond acceptors (Lipinski definition) is 3. The number of piperidine rings is 1. The van der Waals surface area contributed by atoms with E-state index in [2.05, 4.69) is 26.2 Å². The van der Waals surface area contributed by atoms with E-state index in [-0.39, 0.29) is 0 Å². The van der Waals surface area contributed by atoms with Gasteiger partial charge in [0.25, 0.3) is 0 Å². The van der Waals surface area contributed by atoms with Crippen molar-refractivity contribution in [3.63, 3.8) is 0 Å². The molecule has 0 saturated carbocycles. The molecule has 4 nitrogen and oxygen atoms in total. The third kappa shape index (κ3) is 2.44. The fraction of sp³-hybridized carbons (Fsp3) is 0.429. The summed E-state index contributed by atoms with van der Waals surface area (Å²) in [5.74, 6) is 0.541. The van der Waals surface area contributed by atoms with Crippen LogP contribution in [0.2, 0.25) is 0 Å². The highest BCUT2D eigenvalue weighted by Gasteiger charge is 2.24. The SMILES string of the molecule is Cn1nc(C2CCNCC2)c(Br)c1-c1ccccn1. The first-order chi connectivity index (χ1) is 9.27. The number of nitrogens with zero attached hydrogens (tertiary/aromatic N) is 3. The molecule has 3 rings (SSSR count). The summed E-state index contributed by atoms with van der Waals surface area (Å²) in [6.45, 7) is 2.15. The highest BCUT2D eigenvalue weighted by Crippen LogP contribution is 2.36. The quantitative estimate of drug-likeness (QED) is 0.925. The van der Waals surface area contributed by atoms with E-state index in [1.165, 1.54) is 5.69 Å². The average Bonchev–Trinajstić information content (AvgIpc) is 2.76. The van der Waals surface area contributed by atoms with E-state index in [1.54, 1.807) is 0 Å². The lowest BCUT2D eigenvalue weighted by molar-refractivity contribution is 0.449. The molecule has 0 spiro atoms. The van der Waals surface area contributed by atoms with Gasteiger partial charge in [0, 0.05) is 19.2 Å². The minimum atomic E-state index is 0.541. The van der Waals surface area contributed by atoms with Crippen LogP contribution in [0.4, 0.5) is 0 Å². The van der Waals surface area contributed by atoms with E-state index in [4.69, 9.17) is 5.10 Å². The van der Waals surface area contributed by atoms with Gasteiger partial charge in [-0.2, -0.15) is 5.10 Å². The number of halogens is 1. The molecule has 1 N–H and O–H groups in total. The summed E-state index contributed by atoms with van der Waals surface area (Å²) < 4.78 is 3.03. The summed E-state index contributed by atoms with van der Waals surface area (Å²) in [7, 11) is 1.99. The van der Waals surface area contributed by atoms with Crippen molar-refractivity contribution in [2.45, 2.75) is 18.8 Å². The molecule has 2 aromatic rings. The molecule has 0 aromatic carbocycles. The first-order valence-corrected chi connectivity index (χ1v) is 7.41. The Labute approximate surface area is 121 Å². The predicted octanol–water partition coefficient (Wildman–Crippen LogP) is 2.71. The van der Waals surface area contributed by atoms with Gasteiger partial charge in [-0.15, -0.1) is 0 Å². The second kappa shape index (κ2) is 5.43. The van der Waals surface area contributed by atoms with E-state index in [9.17, 15) is 0 Å². The summed E-state index contributed by atoms with van der Waals surface area (Å²) in [6, 6.07) is 5.96. The number of aromatic nitrogens is 3. The highest BCUT2D eigenvalue weighted by molar-refractivity contribution is 9.10. The first kappa shape index (κ1) is 12.8. The molecular weight excluding hydrogens is 304 g/mol. The molecular formula is C14H17BrN4. The number of pyridine rings is 1. The minimum absolute atomic E-state index is 0.541. The second-order valence-corrected chi connectivity index (χ2v) is 5.70. The molecule has 1 fully saturated rings. The van der Waals surface area contributed by atoms with Crippen LogP contribution in [-0.4, -0.2) is 27.9 Å². The van der Waals surface area contributed by atoms with Gasteiger partial charge < -0.3 is 5.32 Å². The molecule has 100 valence electrons. The van der Waals surface area contributed by atoms with Gasteiger partial charge >= 0.3 is 0 Å². The molecule has 0 bridgehead atoms. The van der Waals surface area contributed by atoms with Gasteiger partial charge in [-0.1, -0.05) is 6.07 Å². The summed E-state index contributed by atoms with van der Waals surface area (Å²) >= 11 is 3.73. The van der Waals surface area contributed by atoms with Gasteiger partial charge in [-0.3, -0.25) is 9.67 Å². The van der Waals surface area contributed by atoms with Crippen LogP contribution in [0.1, 0.15) is 24.5 Å². The van der Waals surface area contributed by atoms with Crippen molar-refractivity contribution in [2.75, 3.05) is 13.1 Å². The molecule has 3 heterocycles. The Morgan fingerprint density at radius 2 is 2.11 bits per heavy atom. The number of hydrogen-bond donors (Lipinski definition) is 1. The van der Waals surface area contributed by atoms with Crippen LogP contribution in [0.25, 0.3) is 11.4 Å². The molecule has 0 atom stereocenters. The first-order valence-electron chi connectivity index (χ1n) is 6.62. The largest absolute Gasteiger partial charge is 0.317 e. The van der Waals surface area contributed by atoms with Crippen LogP contribution in [0.3, 0.4) is 0 Å². The van der Waals surface area contributed by atoms with Crippen molar-refractivity contribution in [3.05, 3.63) is 34.6 Å². The normalized spacial score (nSPS) is 16.7. The lowest BCUT2D eigenvalue weighted by Gasteiger charge is -2.21. The van der Waals surface area contributed by atoms with Crippen LogP contribution < -0.4 is 5.32 Å². The maximum Gasteiger partial charge on any atom is 0.101 e. The predicted molar refractivity (Wildman–Crippen MR) is 79.0 cm³/mol. The lowest BCUT2D eigenvalue weighted by Crippen LogP contribution is -2.27. The molecule has 1 aliphatic heterocycles. The van der Waals surface area contributed by atoms with Crippen molar-refractivity contribution in [1.82, 2.24) is 20.1 Å². The lowest BCUT2D eigenvalue weighted by atomic mass is 9.94. The van der Waals surface area contributed by atoms with Gasteiger partial charge in [0.1, 0.15) is 5.69 Å². The molecule has 0 unspecified atom stereocenters. The topological polar surface area (TPSA) is 42.7 Å². The number of nitrogens with one attached hydrogen (secondary N) is 1. The molecule has 0 radical (unpaired) electrons. The van der Waals surface area contributed by atoms with Gasteiger partial charge in [-0.25, -0.2) is 0 Å². The van der Waals surface area contributed by atoms with E-state index in [0.717, 1.165) is 41.8 Å². The molecule has 0 aliphatic carbocycles. The Bertz CT molecular complexity index is 558. The molecule has 1 saturated heterocycles. The number of rotatable bonds is 2. The zero-order chi connectivity index (χ0) is 13.2. The van der Waals surface area contributed by atoms with Gasteiger partial charge in [0.15, 0.2) is 0 Å². The molecule has 19 heavy (non-hydrogen) atoms. The van der Waals surface area contributed by atoms with E-state index < -0.39 is 0 Å². The van der Waals surface area contributed by atoms with Gasteiger partial charge in [0.05, 0.1) is 15.9 Å². The van der Waals surface area contributed by atoms with E-state index in [1.807, 2.05) is 36.1 Å². The molecule has 1 aliphatic rings. The third-order valence-corrected chi connectivity index (χ3v) is 4.43. The smallest absolute Gasteiger partial charge is 0.101 e. The summed E-state index contributed by atoms with van der Waals surface area (Å²) in [6.07, 6.45) is 4.12. The third-order valence-electron chi connectivity index (χ3n) is 3.65. The summed E-state index contributed by atoms with van der Waals surface area (Å²) in [5.41, 5.74) is 3.20. The van der Waals surface area contributed by atoms with Gasteiger partial charge in [0.2, 0.25) is 0 Å². The Morgan fingerprint density at radius 3 is 2.79 bits per heavy atom. The van der Waals surface area contributed by atoms with E-state index in [0.29, 0.717) is 5.92 Å². The zero-order valence-corrected chi connectivity index (χ0v) is 12.5. The Kier molecular flexibility index (Phi) is 3.66. The standard InChI is InChI=1S/C14H17BrN4/c1-19-14(11-4-2-3-7-17-11)12(15)13(18-19)10-5-8-16-9-6-10/h2-4,7,10,16H,5-6,8-9H2,1H3. The minimum Gasteiger partial charge on any atom is -0.317 e. The molecule has 2 aromatic heterocycles. The monoisotopic (exact) mass is 320 g/mol. The fourth-order valence-corrected chi connectivity index (χ4v) is 3.52. The van der Waals surface area contributed by atoms with Crippen molar-refractivity contribution in [2.24, 2.45) is 7.05 Å². The summed E-state index contributed by atoms with van der Waals surface area (Å²) in [4.78, 5) is 4.43. The van der Waals surface area contributed by atoms with Crippen molar-refractivity contribution < 1.29 is 0 Å². The van der Waals surface area contributed by atoms with Gasteiger partial charge in [-0.05, 0) is 54.0 Å². The zero-order valence-electron chi connectivity index (χ0n) is 10.9. The highest BCUT2D eigenvalue weighted by atomic mass is 79.9. The maximum absolute atomic E-state index is 4.71. The Balaban J connectivity index is 2.00. The van der Waals surface area contributed by atoms with Crippen molar-refractivity contribution in [1.29, 1.82) is 0 Å². The van der Waals surface area contributed by atoms with E-state index >= 15 is 0 Å². The van der Waals surface area contributed by atoms with Crippen LogP contribution in [-0.2, 0) is 7.05 Å². The van der Waals surface area contributed by atoms with Crippen LogP contribution in [0.5, 0.6) is 0 Å². The Morgan fingerprint density at radius 1 is 1.32 bits per heavy atom. The fourth-order valence-electron chi connectivity index (χ4n) is 2.66. The van der Waals surface area contributed by atoms with Crippen LogP contribution in [0.15, 0.2) is 28.9 Å². The van der Waals surface area contributed by atoms with Crippen molar-refractivity contribution >= 4 is 15.9 Å². The van der Waals surface area contributed by atoms with Crippen molar-refractivity contribution in [3.8, 4) is 11.4 Å². The van der Waals surface area contributed by atoms with Crippen LogP contribution in [0, 0.1) is 0 Å². The molecule has 5 heteroatoms.